The highest BCUT2D eigenvalue weighted by atomic mass is 32.1. The second-order valence-electron chi connectivity index (χ2n) is 16.2. The van der Waals surface area contributed by atoms with Gasteiger partial charge in [0, 0.05) is 79.2 Å². The Hall–Kier alpha value is -7.37. The number of esters is 2. The van der Waals surface area contributed by atoms with Gasteiger partial charge in [0.15, 0.2) is 5.96 Å². The van der Waals surface area contributed by atoms with E-state index in [1.54, 1.807) is 4.90 Å². The molecule has 3 atom stereocenters. The fourth-order valence-electron chi connectivity index (χ4n) is 8.32. The van der Waals surface area contributed by atoms with Gasteiger partial charge < -0.3 is 35.9 Å². The van der Waals surface area contributed by atoms with Gasteiger partial charge >= 0.3 is 18.0 Å². The van der Waals surface area contributed by atoms with Gasteiger partial charge in [-0.25, -0.2) is 19.4 Å². The van der Waals surface area contributed by atoms with Crippen LogP contribution in [0.2, 0.25) is 0 Å². The molecule has 3 aliphatic rings. The zero-order valence-corrected chi connectivity index (χ0v) is 36.2. The van der Waals surface area contributed by atoms with E-state index in [2.05, 4.69) is 22.9 Å². The van der Waals surface area contributed by atoms with Crippen LogP contribution in [-0.2, 0) is 53.2 Å². The third-order valence-electron chi connectivity index (χ3n) is 11.8. The van der Waals surface area contributed by atoms with Crippen molar-refractivity contribution in [3.05, 3.63) is 120 Å². The molecule has 3 fully saturated rings. The van der Waals surface area contributed by atoms with Gasteiger partial charge in [-0.05, 0) is 91.6 Å². The summed E-state index contributed by atoms with van der Waals surface area (Å²) in [5, 5.41) is 36.0. The Morgan fingerprint density at radius 2 is 1.15 bits per heavy atom. The molecule has 1 saturated carbocycles. The minimum atomic E-state index is -2.45. The van der Waals surface area contributed by atoms with Gasteiger partial charge in [-0.3, -0.25) is 44.8 Å². The molecule has 6 rings (SSSR count). The topological polar surface area (TPSA) is 325 Å². The largest absolute Gasteiger partial charge is 0.459 e. The van der Waals surface area contributed by atoms with E-state index >= 15 is 0 Å². The molecule has 2 aliphatic heterocycles. The number of hydrogen-bond donors (Lipinski definition) is 4. The molecule has 3 aromatic carbocycles. The molecular formula is C42H47N9O14S. The predicted molar refractivity (Wildman–Crippen MR) is 234 cm³/mol. The summed E-state index contributed by atoms with van der Waals surface area (Å²) < 4.78 is 16.6. The first-order valence-corrected chi connectivity index (χ1v) is 21.3. The molecular weight excluding hydrogens is 887 g/mol. The van der Waals surface area contributed by atoms with E-state index in [0.717, 1.165) is 0 Å². The Balaban J connectivity index is 1.08. The van der Waals surface area contributed by atoms with Crippen molar-refractivity contribution in [1.29, 1.82) is 0 Å². The molecule has 66 heavy (non-hydrogen) atoms. The standard InChI is InChI=1S/C42H47N9O14S/c43-40(44)46-42(38(54)63-22-25-1-11-31(12-2-25)49(57)58,39(55)64-23-26-3-13-32(14-4-26)50(59)60)29-9-7-28(8-10-29)36(52)45-30-17-18-47(20-30)37(53)35-19-34(66)21-48(35)41(56)65-24-27-5-15-33(16-6-27)51(61)62/h1-6,11-16,28-30,34-35,66H,7-10,17-24H2,(H,45,52)(H4,43,44,46)/t28?,29?,30-,34-,35-/m0/s1. The molecule has 3 aromatic rings. The number of carbonyl (C=O) groups excluding carboxylic acids is 5. The number of amides is 3. The summed E-state index contributed by atoms with van der Waals surface area (Å²) in [5.41, 5.74) is 9.93. The number of non-ortho nitro benzene ring substituents is 3. The fourth-order valence-corrected chi connectivity index (χ4v) is 8.70. The van der Waals surface area contributed by atoms with Crippen LogP contribution in [0.4, 0.5) is 21.9 Å². The number of nitro groups is 3. The van der Waals surface area contributed by atoms with Gasteiger partial charge in [-0.2, -0.15) is 12.6 Å². The minimum absolute atomic E-state index is 0.0755. The summed E-state index contributed by atoms with van der Waals surface area (Å²) in [6, 6.07) is 14.6. The number of thiol groups is 1. The molecule has 1 aliphatic carbocycles. The highest BCUT2D eigenvalue weighted by Crippen LogP contribution is 2.40. The first-order chi connectivity index (χ1) is 31.4. The van der Waals surface area contributed by atoms with Crippen LogP contribution in [0, 0.1) is 42.2 Å². The van der Waals surface area contributed by atoms with E-state index in [4.69, 9.17) is 25.7 Å². The van der Waals surface area contributed by atoms with Crippen molar-refractivity contribution in [3.8, 4) is 0 Å². The number of hydrogen-bond acceptors (Lipinski definition) is 16. The van der Waals surface area contributed by atoms with Crippen LogP contribution in [0.1, 0.15) is 55.2 Å². The molecule has 24 heteroatoms. The predicted octanol–water partition coefficient (Wildman–Crippen LogP) is 3.44. The Morgan fingerprint density at radius 3 is 1.59 bits per heavy atom. The number of nitrogens with two attached hydrogens (primary N) is 2. The number of carbonyl (C=O) groups is 5. The van der Waals surface area contributed by atoms with Crippen LogP contribution < -0.4 is 16.8 Å². The number of nitro benzene ring substituents is 3. The molecule has 5 N–H and O–H groups in total. The smallest absolute Gasteiger partial charge is 0.410 e. The highest BCUT2D eigenvalue weighted by Gasteiger charge is 2.57. The van der Waals surface area contributed by atoms with Gasteiger partial charge in [0.05, 0.1) is 14.8 Å². The molecule has 0 aromatic heterocycles. The van der Waals surface area contributed by atoms with Crippen molar-refractivity contribution < 1.29 is 53.0 Å². The lowest BCUT2D eigenvalue weighted by molar-refractivity contribution is -0.385. The zero-order chi connectivity index (χ0) is 47.7. The molecule has 0 unspecified atom stereocenters. The Kier molecular flexibility index (Phi) is 15.4. The minimum Gasteiger partial charge on any atom is -0.459 e. The summed E-state index contributed by atoms with van der Waals surface area (Å²) in [6.07, 6.45) is 0.494. The number of nitrogens with one attached hydrogen (secondary N) is 1. The number of guanidine groups is 1. The Morgan fingerprint density at radius 1 is 0.697 bits per heavy atom. The lowest BCUT2D eigenvalue weighted by atomic mass is 9.71. The van der Waals surface area contributed by atoms with Crippen LogP contribution in [-0.4, -0.2) is 103 Å². The van der Waals surface area contributed by atoms with E-state index in [9.17, 15) is 54.3 Å². The second-order valence-corrected chi connectivity index (χ2v) is 16.9. The Labute approximate surface area is 381 Å². The van der Waals surface area contributed by atoms with Gasteiger partial charge in [0.25, 0.3) is 22.6 Å². The zero-order valence-electron chi connectivity index (χ0n) is 35.3. The number of ether oxygens (including phenoxy) is 3. The van der Waals surface area contributed by atoms with Crippen LogP contribution in [0.15, 0.2) is 77.8 Å². The van der Waals surface area contributed by atoms with Crippen molar-refractivity contribution >= 4 is 65.5 Å². The van der Waals surface area contributed by atoms with Crippen LogP contribution in [0.25, 0.3) is 0 Å². The number of benzene rings is 3. The van der Waals surface area contributed by atoms with Crippen molar-refractivity contribution in [3.63, 3.8) is 0 Å². The maximum absolute atomic E-state index is 14.2. The van der Waals surface area contributed by atoms with E-state index in [-0.39, 0.29) is 85.9 Å². The number of likely N-dealkylation sites (tertiary alicyclic amines) is 2. The Bertz CT molecular complexity index is 2280. The SMILES string of the molecule is NC(N)=NC(C(=O)OCc1ccc([N+](=O)[O-])cc1)(C(=O)OCc1ccc([N+](=O)[O-])cc1)C1CCC(C(=O)N[C@H]2CCN(C(=O)[C@@H]3C[C@H](S)CN3C(=O)OCc3ccc([N+](=O)[O-])cc3)C2)CC1. The molecule has 2 heterocycles. The maximum Gasteiger partial charge on any atom is 0.410 e. The molecule has 3 amide bonds. The van der Waals surface area contributed by atoms with Gasteiger partial charge in [-0.1, -0.05) is 0 Å². The fraction of sp³-hybridized carbons (Fsp3) is 0.429. The first-order valence-electron chi connectivity index (χ1n) is 20.8. The van der Waals surface area contributed by atoms with Gasteiger partial charge in [0.1, 0.15) is 25.9 Å². The van der Waals surface area contributed by atoms with Crippen LogP contribution in [0.5, 0.6) is 0 Å². The van der Waals surface area contributed by atoms with Gasteiger partial charge in [-0.15, -0.1) is 0 Å². The van der Waals surface area contributed by atoms with Crippen molar-refractivity contribution in [2.75, 3.05) is 19.6 Å². The van der Waals surface area contributed by atoms with Crippen molar-refractivity contribution in [2.45, 2.75) is 81.2 Å². The average Bonchev–Trinajstić information content (AvgIpc) is 3.95. The second kappa shape index (κ2) is 21.1. The lowest BCUT2D eigenvalue weighted by Crippen LogP contribution is -2.56. The average molecular weight is 934 g/mol. The summed E-state index contributed by atoms with van der Waals surface area (Å²) >= 11 is 4.51. The van der Waals surface area contributed by atoms with Crippen LogP contribution in [0.3, 0.4) is 0 Å². The summed E-state index contributed by atoms with van der Waals surface area (Å²) in [7, 11) is 0. The summed E-state index contributed by atoms with van der Waals surface area (Å²) in [4.78, 5) is 107. The first kappa shape index (κ1) is 48.1. The number of rotatable bonds is 16. The summed E-state index contributed by atoms with van der Waals surface area (Å²) in [6.45, 7) is -0.364. The monoisotopic (exact) mass is 933 g/mol. The molecule has 350 valence electrons. The molecule has 0 radical (unpaired) electrons. The molecule has 23 nitrogen and oxygen atoms in total. The molecule has 0 spiro atoms. The van der Waals surface area contributed by atoms with E-state index in [1.165, 1.54) is 77.7 Å². The quantitative estimate of drug-likeness (QED) is 0.0234. The molecule has 0 bridgehead atoms. The third-order valence-corrected chi connectivity index (χ3v) is 12.2. The highest BCUT2D eigenvalue weighted by molar-refractivity contribution is 7.81. The number of aliphatic imine (C=N–C) groups is 1. The van der Waals surface area contributed by atoms with Crippen molar-refractivity contribution in [2.24, 2.45) is 28.3 Å². The summed E-state index contributed by atoms with van der Waals surface area (Å²) in [5.74, 6) is -5.13. The maximum atomic E-state index is 14.2. The van der Waals surface area contributed by atoms with Gasteiger partial charge in [0.2, 0.25) is 11.8 Å². The lowest BCUT2D eigenvalue weighted by Gasteiger charge is -2.37. The third kappa shape index (κ3) is 11.5. The van der Waals surface area contributed by atoms with E-state index in [1.807, 2.05) is 0 Å². The number of nitrogens with zero attached hydrogens (tertiary/aromatic N) is 6. The van der Waals surface area contributed by atoms with Crippen LogP contribution >= 0.6 is 12.6 Å². The van der Waals surface area contributed by atoms with Crippen molar-refractivity contribution in [1.82, 2.24) is 15.1 Å². The normalized spacial score (nSPS) is 20.4. The van der Waals surface area contributed by atoms with E-state index < -0.39 is 81.4 Å². The van der Waals surface area contributed by atoms with E-state index in [0.29, 0.717) is 29.7 Å². The molecule has 2 saturated heterocycles.